The fraction of sp³-hybridized carbons (Fsp3) is 0.500. The summed E-state index contributed by atoms with van der Waals surface area (Å²) in [5.74, 6) is -1.27. The lowest BCUT2D eigenvalue weighted by Gasteiger charge is -2.50. The summed E-state index contributed by atoms with van der Waals surface area (Å²) in [6, 6.07) is 15.1. The molecular formula is C32H42O10Si. The Morgan fingerprint density at radius 1 is 1.05 bits per heavy atom. The molecule has 2 aromatic carbocycles. The van der Waals surface area contributed by atoms with Crippen LogP contribution in [0, 0.1) is 6.92 Å². The molecule has 0 radical (unpaired) electrons. The van der Waals surface area contributed by atoms with Crippen LogP contribution in [0.2, 0.25) is 18.1 Å². The van der Waals surface area contributed by atoms with Gasteiger partial charge in [-0.05, 0) is 56.6 Å². The molecule has 0 spiro atoms. The normalized spacial score (nSPS) is 22.0. The molecule has 234 valence electrons. The predicted octanol–water partition coefficient (Wildman–Crippen LogP) is 5.66. The van der Waals surface area contributed by atoms with Gasteiger partial charge in [0.15, 0.2) is 19.6 Å². The van der Waals surface area contributed by atoms with Gasteiger partial charge in [-0.3, -0.25) is 0 Å². The lowest BCUT2D eigenvalue weighted by Crippen LogP contribution is -2.66. The molecule has 1 aliphatic heterocycles. The van der Waals surface area contributed by atoms with Gasteiger partial charge < -0.3 is 38.0 Å². The van der Waals surface area contributed by atoms with Crippen LogP contribution in [-0.4, -0.2) is 61.8 Å². The van der Waals surface area contributed by atoms with Crippen LogP contribution in [0.3, 0.4) is 0 Å². The van der Waals surface area contributed by atoms with Crippen molar-refractivity contribution in [2.75, 3.05) is 7.11 Å². The number of aryl methyl sites for hydroxylation is 1. The summed E-state index contributed by atoms with van der Waals surface area (Å²) in [6.07, 6.45) is -3.55. The van der Waals surface area contributed by atoms with Gasteiger partial charge in [0.05, 0.1) is 11.0 Å². The molecule has 4 rings (SSSR count). The van der Waals surface area contributed by atoms with Crippen molar-refractivity contribution in [2.24, 2.45) is 0 Å². The molecule has 2 heterocycles. The van der Waals surface area contributed by atoms with Gasteiger partial charge in [0.25, 0.3) is 0 Å². The summed E-state index contributed by atoms with van der Waals surface area (Å²) in [5, 5.41) is 21.6. The molecule has 2 N–H and O–H groups in total. The first-order valence-corrected chi connectivity index (χ1v) is 17.2. The Hall–Kier alpha value is -3.22. The molecule has 0 unspecified atom stereocenters. The van der Waals surface area contributed by atoms with Gasteiger partial charge in [-0.1, -0.05) is 51.1 Å². The number of hydrogen-bond acceptors (Lipinski definition) is 9. The molecule has 43 heavy (non-hydrogen) atoms. The van der Waals surface area contributed by atoms with Gasteiger partial charge in [-0.15, -0.1) is 0 Å². The molecule has 11 heteroatoms. The van der Waals surface area contributed by atoms with Gasteiger partial charge in [0, 0.05) is 12.7 Å². The summed E-state index contributed by atoms with van der Waals surface area (Å²) in [6.45, 7) is 11.8. The third-order valence-corrected chi connectivity index (χ3v) is 13.1. The second kappa shape index (κ2) is 13.2. The first-order chi connectivity index (χ1) is 20.4. The van der Waals surface area contributed by atoms with Crippen LogP contribution >= 0.6 is 0 Å². The number of benzene rings is 2. The minimum absolute atomic E-state index is 0.0499. The summed E-state index contributed by atoms with van der Waals surface area (Å²) in [4.78, 5) is 24.9. The van der Waals surface area contributed by atoms with Crippen LogP contribution in [0.25, 0.3) is 11.0 Å². The first-order valence-electron chi connectivity index (χ1n) is 14.7. The molecule has 1 aromatic heterocycles. The van der Waals surface area contributed by atoms with Gasteiger partial charge >= 0.3 is 11.6 Å². The van der Waals surface area contributed by atoms with Crippen molar-refractivity contribution in [3.8, 4) is 11.5 Å². The van der Waals surface area contributed by atoms with Crippen molar-refractivity contribution in [3.63, 3.8) is 0 Å². The molecule has 1 aliphatic rings. The van der Waals surface area contributed by atoms with E-state index in [2.05, 4.69) is 20.8 Å². The fourth-order valence-corrected chi connectivity index (χ4v) is 8.61. The van der Waals surface area contributed by atoms with Crippen LogP contribution in [0.5, 0.6) is 11.5 Å². The van der Waals surface area contributed by atoms with Crippen molar-refractivity contribution in [1.29, 1.82) is 0 Å². The van der Waals surface area contributed by atoms with E-state index < -0.39 is 55.7 Å². The molecule has 0 aliphatic carbocycles. The van der Waals surface area contributed by atoms with E-state index in [1.54, 1.807) is 26.2 Å². The number of rotatable bonds is 12. The van der Waals surface area contributed by atoms with E-state index in [0.29, 0.717) is 10.9 Å². The van der Waals surface area contributed by atoms with E-state index in [0.717, 1.165) is 23.7 Å². The number of fused-ring (bicyclic) bond motifs is 1. The highest BCUT2D eigenvalue weighted by atomic mass is 28.4. The van der Waals surface area contributed by atoms with E-state index in [-0.39, 0.29) is 23.7 Å². The average Bonchev–Trinajstić information content (AvgIpc) is 2.98. The number of aliphatic hydroxyl groups is 1. The predicted molar refractivity (Wildman–Crippen MR) is 163 cm³/mol. The maximum Gasteiger partial charge on any atom is 0.354 e. The Morgan fingerprint density at radius 3 is 2.28 bits per heavy atom. The Labute approximate surface area is 252 Å². The summed E-state index contributed by atoms with van der Waals surface area (Å²) in [7, 11) is -0.584. The molecule has 1 fully saturated rings. The van der Waals surface area contributed by atoms with Crippen LogP contribution < -0.4 is 15.1 Å². The summed E-state index contributed by atoms with van der Waals surface area (Å²) in [5.41, 5.74) is -1.19. The van der Waals surface area contributed by atoms with Crippen LogP contribution in [0.15, 0.2) is 51.7 Å². The Morgan fingerprint density at radius 2 is 1.70 bits per heavy atom. The number of carboxylic acids is 1. The number of ether oxygens (including phenoxy) is 4. The largest absolute Gasteiger partial charge is 0.487 e. The lowest BCUT2D eigenvalue weighted by molar-refractivity contribution is -0.303. The van der Waals surface area contributed by atoms with Crippen molar-refractivity contribution in [2.45, 2.75) is 96.5 Å². The zero-order valence-electron chi connectivity index (χ0n) is 25.8. The van der Waals surface area contributed by atoms with Gasteiger partial charge in [0.1, 0.15) is 36.3 Å². The zero-order valence-corrected chi connectivity index (χ0v) is 26.8. The minimum Gasteiger partial charge on any atom is -0.487 e. The van der Waals surface area contributed by atoms with E-state index in [9.17, 15) is 19.8 Å². The molecule has 0 bridgehead atoms. The summed E-state index contributed by atoms with van der Waals surface area (Å²) < 4.78 is 36.5. The van der Waals surface area contributed by atoms with Crippen molar-refractivity contribution in [3.05, 3.63) is 69.6 Å². The number of aromatic carboxylic acids is 1. The molecule has 3 aromatic rings. The third-order valence-electron chi connectivity index (χ3n) is 8.50. The topological polar surface area (TPSA) is 134 Å². The van der Waals surface area contributed by atoms with Crippen molar-refractivity contribution in [1.82, 2.24) is 0 Å². The molecule has 0 saturated carbocycles. The van der Waals surface area contributed by atoms with Crippen LogP contribution in [0.1, 0.15) is 56.1 Å². The number of methoxy groups -OCH3 is 1. The number of hydrogen-bond donors (Lipinski definition) is 2. The second-order valence-corrected chi connectivity index (χ2v) is 16.1. The third kappa shape index (κ3) is 6.51. The monoisotopic (exact) mass is 614 g/mol. The van der Waals surface area contributed by atoms with Gasteiger partial charge in [-0.25, -0.2) is 9.59 Å². The number of aliphatic hydroxyl groups excluding tert-OH is 1. The van der Waals surface area contributed by atoms with E-state index in [1.807, 2.05) is 44.2 Å². The van der Waals surface area contributed by atoms with Crippen LogP contribution in [0.4, 0.5) is 0 Å². The Balaban J connectivity index is 1.72. The van der Waals surface area contributed by atoms with Crippen LogP contribution in [-0.2, 0) is 20.5 Å². The molecule has 0 amide bonds. The smallest absolute Gasteiger partial charge is 0.354 e. The minimum atomic E-state index is -2.16. The molecule has 1 saturated heterocycles. The van der Waals surface area contributed by atoms with Crippen molar-refractivity contribution < 1.29 is 42.8 Å². The van der Waals surface area contributed by atoms with E-state index >= 15 is 0 Å². The van der Waals surface area contributed by atoms with E-state index in [4.69, 9.17) is 27.8 Å². The number of carboxylic acid groups (broad SMARTS) is 1. The highest BCUT2D eigenvalue weighted by molar-refractivity contribution is 6.73. The second-order valence-electron chi connectivity index (χ2n) is 11.4. The fourth-order valence-electron chi connectivity index (χ4n) is 5.77. The quantitative estimate of drug-likeness (QED) is 0.194. The van der Waals surface area contributed by atoms with E-state index in [1.165, 1.54) is 0 Å². The van der Waals surface area contributed by atoms with Gasteiger partial charge in [0.2, 0.25) is 6.29 Å². The highest BCUT2D eigenvalue weighted by Gasteiger charge is 2.53. The molecule has 4 atom stereocenters. The van der Waals surface area contributed by atoms with Crippen molar-refractivity contribution >= 4 is 25.3 Å². The zero-order chi connectivity index (χ0) is 31.5. The highest BCUT2D eigenvalue weighted by Crippen LogP contribution is 2.39. The number of carbonyl (C=O) groups is 1. The maximum atomic E-state index is 12.9. The average molecular weight is 615 g/mol. The Bertz CT molecular complexity index is 1470. The standard InChI is InChI=1S/C32H42O10Si/c1-8-43(9-2,10-3)42-27-24(33)31(41-32(5,6)28(27)37-7)39-22-17-16-21-25(19(22)4)40-30(36)23(29(34)35)26(21)38-18-20-14-12-11-13-15-20/h11-17,24,27-28,31,33H,8-10,18H2,1-7H3,(H,34,35)/t24-,27+,28-,31-/m1/s1. The first kappa shape index (κ1) is 32.7. The maximum absolute atomic E-state index is 12.9. The Kier molecular flexibility index (Phi) is 10.0. The van der Waals surface area contributed by atoms with Gasteiger partial charge in [-0.2, -0.15) is 0 Å². The molecule has 10 nitrogen and oxygen atoms in total. The lowest BCUT2D eigenvalue weighted by atomic mass is 9.89. The SMILES string of the molecule is CC[Si](CC)(CC)O[C@H]1[C@@H](O)[C@H](Oc2ccc3c(OCc4ccccc4)c(C(=O)O)c(=O)oc3c2C)OC(C)(C)[C@@H]1OC. The molecular weight excluding hydrogens is 572 g/mol. The summed E-state index contributed by atoms with van der Waals surface area (Å²) >= 11 is 0.